The van der Waals surface area contributed by atoms with Crippen LogP contribution in [0.4, 0.5) is 5.69 Å². The molecule has 6 nitrogen and oxygen atoms in total. The van der Waals surface area contributed by atoms with Crippen molar-refractivity contribution in [2.75, 3.05) is 13.2 Å². The highest BCUT2D eigenvalue weighted by Gasteiger charge is 2.11. The number of rotatable bonds is 6. The van der Waals surface area contributed by atoms with Crippen LogP contribution in [0.3, 0.4) is 0 Å². The zero-order chi connectivity index (χ0) is 16.8. The molecule has 0 saturated carbocycles. The fourth-order valence-electron chi connectivity index (χ4n) is 1.89. The van der Waals surface area contributed by atoms with E-state index in [1.807, 2.05) is 6.92 Å². The molecular formula is C17H16N2O4. The van der Waals surface area contributed by atoms with E-state index in [9.17, 15) is 4.79 Å². The first kappa shape index (κ1) is 16.5. The van der Waals surface area contributed by atoms with Gasteiger partial charge < -0.3 is 14.9 Å². The Morgan fingerprint density at radius 2 is 2.17 bits per heavy atom. The van der Waals surface area contributed by atoms with E-state index in [1.165, 1.54) is 18.3 Å². The van der Waals surface area contributed by atoms with E-state index in [4.69, 9.17) is 21.5 Å². The number of aliphatic hydroxyl groups excluding tert-OH is 1. The van der Waals surface area contributed by atoms with Crippen molar-refractivity contribution in [3.8, 4) is 17.0 Å². The van der Waals surface area contributed by atoms with Crippen LogP contribution in [0.1, 0.15) is 17.3 Å². The Hall–Kier alpha value is -2.91. The summed E-state index contributed by atoms with van der Waals surface area (Å²) in [7, 11) is 0. The van der Waals surface area contributed by atoms with Crippen molar-refractivity contribution in [3.05, 3.63) is 53.5 Å². The molecule has 0 aliphatic heterocycles. The topological polar surface area (TPSA) is 84.0 Å². The van der Waals surface area contributed by atoms with Gasteiger partial charge in [-0.1, -0.05) is 13.0 Å². The Balaban J connectivity index is 2.30. The van der Waals surface area contributed by atoms with E-state index in [2.05, 4.69) is 9.83 Å². The Kier molecular flexibility index (Phi) is 5.28. The average Bonchev–Trinajstić information content (AvgIpc) is 2.59. The molecule has 0 spiro atoms. The first-order valence-electron chi connectivity index (χ1n) is 7.00. The van der Waals surface area contributed by atoms with Crippen molar-refractivity contribution in [1.29, 1.82) is 0 Å². The van der Waals surface area contributed by atoms with Crippen molar-refractivity contribution in [1.82, 2.24) is 4.98 Å². The summed E-state index contributed by atoms with van der Waals surface area (Å²) in [6.45, 7) is 9.43. The van der Waals surface area contributed by atoms with Crippen molar-refractivity contribution in [2.24, 2.45) is 5.92 Å². The normalized spacial score (nSPS) is 11.5. The predicted molar refractivity (Wildman–Crippen MR) is 84.6 cm³/mol. The van der Waals surface area contributed by atoms with E-state index in [0.29, 0.717) is 29.3 Å². The van der Waals surface area contributed by atoms with Crippen molar-refractivity contribution >= 4 is 11.7 Å². The van der Waals surface area contributed by atoms with Gasteiger partial charge in [-0.15, -0.1) is 0 Å². The summed E-state index contributed by atoms with van der Waals surface area (Å²) < 4.78 is 5.55. The van der Waals surface area contributed by atoms with Crippen LogP contribution in [-0.2, 0) is 0 Å². The third kappa shape index (κ3) is 4.05. The van der Waals surface area contributed by atoms with Gasteiger partial charge in [0.1, 0.15) is 5.75 Å². The number of carboxylic acid groups (broad SMARTS) is 1. The molecule has 118 valence electrons. The highest BCUT2D eigenvalue weighted by atomic mass is 16.5. The second-order valence-electron chi connectivity index (χ2n) is 5.13. The van der Waals surface area contributed by atoms with Crippen LogP contribution in [0.15, 0.2) is 36.5 Å². The van der Waals surface area contributed by atoms with Gasteiger partial charge in [-0.25, -0.2) is 9.64 Å². The zero-order valence-corrected chi connectivity index (χ0v) is 12.6. The fraction of sp³-hybridized carbons (Fsp3) is 0.235. The molecule has 1 atom stereocenters. The van der Waals surface area contributed by atoms with Crippen LogP contribution < -0.4 is 4.74 Å². The van der Waals surface area contributed by atoms with Crippen LogP contribution in [0, 0.1) is 12.5 Å². The number of carbonyl (C=O) groups is 1. The summed E-state index contributed by atoms with van der Waals surface area (Å²) in [4.78, 5) is 18.6. The molecule has 1 aromatic heterocycles. The Labute approximate surface area is 133 Å². The van der Waals surface area contributed by atoms with Crippen LogP contribution in [0.25, 0.3) is 16.1 Å². The SMILES string of the molecule is [C-]#[N+]c1cc(-c2cc(C(=O)O)ccn2)ccc1OCC(C)CO. The van der Waals surface area contributed by atoms with Gasteiger partial charge >= 0.3 is 5.97 Å². The fourth-order valence-corrected chi connectivity index (χ4v) is 1.89. The summed E-state index contributed by atoms with van der Waals surface area (Å²) in [6, 6.07) is 7.86. The lowest BCUT2D eigenvalue weighted by Gasteiger charge is -2.12. The Morgan fingerprint density at radius 3 is 2.83 bits per heavy atom. The number of aromatic nitrogens is 1. The molecule has 6 heteroatoms. The van der Waals surface area contributed by atoms with Crippen molar-refractivity contribution < 1.29 is 19.7 Å². The Morgan fingerprint density at radius 1 is 1.39 bits per heavy atom. The van der Waals surface area contributed by atoms with E-state index in [-0.39, 0.29) is 18.1 Å². The molecule has 1 heterocycles. The van der Waals surface area contributed by atoms with E-state index in [1.54, 1.807) is 18.2 Å². The predicted octanol–water partition coefficient (Wildman–Crippen LogP) is 3.00. The smallest absolute Gasteiger partial charge is 0.335 e. The highest BCUT2D eigenvalue weighted by molar-refractivity contribution is 5.89. The molecule has 2 N–H and O–H groups in total. The minimum atomic E-state index is -1.03. The molecule has 23 heavy (non-hydrogen) atoms. The van der Waals surface area contributed by atoms with Crippen LogP contribution in [0.2, 0.25) is 0 Å². The molecule has 2 aromatic rings. The van der Waals surface area contributed by atoms with Gasteiger partial charge in [-0.2, -0.15) is 0 Å². The summed E-state index contributed by atoms with van der Waals surface area (Å²) >= 11 is 0. The monoisotopic (exact) mass is 312 g/mol. The average molecular weight is 312 g/mol. The largest absolute Gasteiger partial charge is 0.504 e. The molecule has 0 radical (unpaired) electrons. The lowest BCUT2D eigenvalue weighted by molar-refractivity contribution is 0.0697. The third-order valence-corrected chi connectivity index (χ3v) is 3.22. The molecule has 0 aliphatic carbocycles. The van der Waals surface area contributed by atoms with Crippen LogP contribution >= 0.6 is 0 Å². The van der Waals surface area contributed by atoms with Crippen LogP contribution in [0.5, 0.6) is 5.75 Å². The number of carboxylic acids is 1. The van der Waals surface area contributed by atoms with Crippen LogP contribution in [-0.4, -0.2) is 34.4 Å². The number of ether oxygens (including phenoxy) is 1. The maximum atomic E-state index is 11.0. The second-order valence-corrected chi connectivity index (χ2v) is 5.13. The Bertz CT molecular complexity index is 752. The summed E-state index contributed by atoms with van der Waals surface area (Å²) in [5.41, 5.74) is 1.57. The van der Waals surface area contributed by atoms with Gasteiger partial charge in [0.15, 0.2) is 0 Å². The summed E-state index contributed by atoms with van der Waals surface area (Å²) in [6.07, 6.45) is 1.42. The molecule has 0 saturated heterocycles. The number of hydrogen-bond donors (Lipinski definition) is 2. The van der Waals surface area contributed by atoms with E-state index >= 15 is 0 Å². The van der Waals surface area contributed by atoms with E-state index < -0.39 is 5.97 Å². The molecule has 0 bridgehead atoms. The third-order valence-electron chi connectivity index (χ3n) is 3.22. The quantitative estimate of drug-likeness (QED) is 0.801. The standard InChI is InChI=1S/C17H16N2O4/c1-11(9-20)10-23-16-4-3-12(7-15(16)18-2)14-8-13(17(21)22)5-6-19-14/h3-8,11,20H,9-10H2,1H3,(H,21,22). The van der Waals surface area contributed by atoms with Gasteiger partial charge in [0.2, 0.25) is 5.69 Å². The van der Waals surface area contributed by atoms with Gasteiger partial charge in [-0.05, 0) is 29.8 Å². The number of aromatic carboxylic acids is 1. The van der Waals surface area contributed by atoms with Gasteiger partial charge in [0.05, 0.1) is 24.4 Å². The highest BCUT2D eigenvalue weighted by Crippen LogP contribution is 2.32. The molecule has 1 unspecified atom stereocenters. The summed E-state index contributed by atoms with van der Waals surface area (Å²) in [5, 5.41) is 18.0. The van der Waals surface area contributed by atoms with Crippen molar-refractivity contribution in [2.45, 2.75) is 6.92 Å². The van der Waals surface area contributed by atoms with Gasteiger partial charge in [0.25, 0.3) is 0 Å². The number of hydrogen-bond acceptors (Lipinski definition) is 4. The number of pyridine rings is 1. The van der Waals surface area contributed by atoms with Gasteiger partial charge in [0, 0.05) is 18.7 Å². The summed E-state index contributed by atoms with van der Waals surface area (Å²) in [5.74, 6) is -0.627. The van der Waals surface area contributed by atoms with Crippen molar-refractivity contribution in [3.63, 3.8) is 0 Å². The molecule has 2 rings (SSSR count). The first-order chi connectivity index (χ1) is 11.0. The van der Waals surface area contributed by atoms with E-state index in [0.717, 1.165) is 0 Å². The minimum absolute atomic E-state index is 0.0112. The lowest BCUT2D eigenvalue weighted by Crippen LogP contribution is -2.12. The zero-order valence-electron chi connectivity index (χ0n) is 12.6. The van der Waals surface area contributed by atoms with Gasteiger partial charge in [-0.3, -0.25) is 4.98 Å². The lowest BCUT2D eigenvalue weighted by atomic mass is 10.1. The minimum Gasteiger partial charge on any atom is -0.504 e. The first-order valence-corrected chi connectivity index (χ1v) is 7.00. The number of nitrogens with zero attached hydrogens (tertiary/aromatic N) is 2. The molecule has 0 amide bonds. The number of benzene rings is 1. The maximum Gasteiger partial charge on any atom is 0.335 e. The number of aliphatic hydroxyl groups is 1. The molecular weight excluding hydrogens is 296 g/mol. The molecule has 1 aromatic carbocycles. The molecule has 0 aliphatic rings. The molecule has 0 fully saturated rings. The second kappa shape index (κ2) is 7.38. The maximum absolute atomic E-state index is 11.0.